The molecule has 0 spiro atoms. The Morgan fingerprint density at radius 3 is 2.87 bits per heavy atom. The van der Waals surface area contributed by atoms with Crippen molar-refractivity contribution in [3.05, 3.63) is 27.9 Å². The molecule has 2 heterocycles. The minimum atomic E-state index is -0.0535. The predicted octanol–water partition coefficient (Wildman–Crippen LogP) is 1.10. The van der Waals surface area contributed by atoms with Crippen LogP contribution >= 0.6 is 0 Å². The summed E-state index contributed by atoms with van der Waals surface area (Å²) < 4.78 is 1.41. The van der Waals surface area contributed by atoms with Crippen molar-refractivity contribution in [2.75, 3.05) is 0 Å². The number of aromatic amines is 1. The maximum atomic E-state index is 12.0. The fourth-order valence-electron chi connectivity index (χ4n) is 1.47. The second kappa shape index (κ2) is 3.49. The van der Waals surface area contributed by atoms with Crippen LogP contribution in [0.4, 0.5) is 0 Å². The molecule has 0 saturated carbocycles. The molecule has 0 unspecified atom stereocenters. The van der Waals surface area contributed by atoms with Gasteiger partial charge in [-0.05, 0) is 5.92 Å². The van der Waals surface area contributed by atoms with Crippen LogP contribution in [0.5, 0.6) is 0 Å². The predicted molar refractivity (Wildman–Crippen MR) is 57.1 cm³/mol. The van der Waals surface area contributed by atoms with E-state index in [2.05, 4.69) is 15.1 Å². The van der Waals surface area contributed by atoms with Crippen LogP contribution < -0.4 is 5.56 Å². The molecule has 0 bridgehead atoms. The number of aryl methyl sites for hydroxylation is 1. The molecule has 0 aliphatic carbocycles. The topological polar surface area (TPSA) is 63.1 Å². The molecule has 0 atom stereocenters. The molecule has 1 N–H and O–H groups in total. The van der Waals surface area contributed by atoms with Crippen LogP contribution in [-0.2, 0) is 6.42 Å². The molecule has 0 aromatic carbocycles. The van der Waals surface area contributed by atoms with E-state index in [1.54, 1.807) is 6.20 Å². The molecule has 0 fully saturated rings. The third-order valence-electron chi connectivity index (χ3n) is 2.40. The van der Waals surface area contributed by atoms with E-state index in [0.717, 1.165) is 12.2 Å². The van der Waals surface area contributed by atoms with Gasteiger partial charge in [-0.2, -0.15) is 9.50 Å². The molecule has 2 aromatic rings. The summed E-state index contributed by atoms with van der Waals surface area (Å²) in [6, 6.07) is 0. The number of fused-ring (bicyclic) bond motifs is 1. The van der Waals surface area contributed by atoms with Gasteiger partial charge in [-0.1, -0.05) is 20.8 Å². The lowest BCUT2D eigenvalue weighted by Gasteiger charge is -2.02. The van der Waals surface area contributed by atoms with E-state index in [1.807, 2.05) is 20.8 Å². The van der Waals surface area contributed by atoms with E-state index in [9.17, 15) is 4.79 Å². The highest BCUT2D eigenvalue weighted by Gasteiger charge is 2.10. The Morgan fingerprint density at radius 1 is 1.53 bits per heavy atom. The van der Waals surface area contributed by atoms with Crippen LogP contribution in [0.1, 0.15) is 38.1 Å². The largest absolute Gasteiger partial charge is 0.277 e. The lowest BCUT2D eigenvalue weighted by molar-refractivity contribution is 0.784. The summed E-state index contributed by atoms with van der Waals surface area (Å²) in [6.07, 6.45) is 2.38. The third kappa shape index (κ3) is 1.54. The van der Waals surface area contributed by atoms with Crippen LogP contribution in [0.25, 0.3) is 5.78 Å². The highest BCUT2D eigenvalue weighted by molar-refractivity contribution is 5.28. The van der Waals surface area contributed by atoms with Crippen molar-refractivity contribution in [1.29, 1.82) is 0 Å². The van der Waals surface area contributed by atoms with Gasteiger partial charge in [0.2, 0.25) is 0 Å². The molecule has 2 aromatic heterocycles. The van der Waals surface area contributed by atoms with Gasteiger partial charge in [-0.25, -0.2) is 4.98 Å². The quantitative estimate of drug-likeness (QED) is 0.800. The van der Waals surface area contributed by atoms with Crippen LogP contribution in [-0.4, -0.2) is 19.6 Å². The normalized spacial score (nSPS) is 11.5. The maximum absolute atomic E-state index is 12.0. The number of hydrogen-bond acceptors (Lipinski definition) is 3. The Bertz CT molecular complexity index is 538. The summed E-state index contributed by atoms with van der Waals surface area (Å²) in [7, 11) is 0. The Hall–Kier alpha value is -1.65. The van der Waals surface area contributed by atoms with Gasteiger partial charge in [0.1, 0.15) is 5.82 Å². The first-order valence-corrected chi connectivity index (χ1v) is 5.10. The van der Waals surface area contributed by atoms with Crippen LogP contribution in [0.3, 0.4) is 0 Å². The number of H-pyrrole nitrogens is 1. The van der Waals surface area contributed by atoms with Gasteiger partial charge in [-0.3, -0.25) is 9.89 Å². The molecule has 2 rings (SSSR count). The minimum Gasteiger partial charge on any atom is -0.275 e. The zero-order valence-corrected chi connectivity index (χ0v) is 9.11. The molecule has 0 amide bonds. The number of hydrogen-bond donors (Lipinski definition) is 1. The molecule has 5 heteroatoms. The number of nitrogens with zero attached hydrogens (tertiary/aromatic N) is 3. The van der Waals surface area contributed by atoms with E-state index in [0.29, 0.717) is 11.3 Å². The Balaban J connectivity index is 2.73. The maximum Gasteiger partial charge on any atom is 0.277 e. The van der Waals surface area contributed by atoms with Crippen LogP contribution in [0.2, 0.25) is 0 Å². The lowest BCUT2D eigenvalue weighted by atomic mass is 10.1. The first-order valence-electron chi connectivity index (χ1n) is 5.10. The van der Waals surface area contributed by atoms with Crippen molar-refractivity contribution in [2.45, 2.75) is 33.1 Å². The summed E-state index contributed by atoms with van der Waals surface area (Å²) in [4.78, 5) is 20.3. The molecule has 0 radical (unpaired) electrons. The standard InChI is InChI=1S/C10H14N4O/c1-4-8-12-10-11-5-7(6(2)3)9(15)14(10)13-8/h5-6H,4H2,1-3H3,(H,11,12,13). The van der Waals surface area contributed by atoms with Gasteiger partial charge < -0.3 is 0 Å². The van der Waals surface area contributed by atoms with Gasteiger partial charge in [-0.15, -0.1) is 0 Å². The summed E-state index contributed by atoms with van der Waals surface area (Å²) >= 11 is 0. The van der Waals surface area contributed by atoms with E-state index >= 15 is 0 Å². The van der Waals surface area contributed by atoms with Crippen molar-refractivity contribution in [3.63, 3.8) is 0 Å². The monoisotopic (exact) mass is 206 g/mol. The molecular formula is C10H14N4O. The van der Waals surface area contributed by atoms with Gasteiger partial charge in [0.05, 0.1) is 0 Å². The van der Waals surface area contributed by atoms with Gasteiger partial charge in [0.25, 0.3) is 11.3 Å². The third-order valence-corrected chi connectivity index (χ3v) is 2.40. The fraction of sp³-hybridized carbons (Fsp3) is 0.500. The summed E-state index contributed by atoms with van der Waals surface area (Å²) in [5, 5.41) is 2.94. The molecule has 5 nitrogen and oxygen atoms in total. The smallest absolute Gasteiger partial charge is 0.275 e. The SMILES string of the molecule is CCc1nc2ncc(C(C)C)c(=O)n2[nH]1. The van der Waals surface area contributed by atoms with Gasteiger partial charge >= 0.3 is 0 Å². The Morgan fingerprint density at radius 2 is 2.27 bits per heavy atom. The van der Waals surface area contributed by atoms with Crippen molar-refractivity contribution in [1.82, 2.24) is 19.6 Å². The highest BCUT2D eigenvalue weighted by Crippen LogP contribution is 2.07. The molecule has 0 saturated heterocycles. The average Bonchev–Trinajstić information content (AvgIpc) is 2.61. The Kier molecular flexibility index (Phi) is 2.30. The molecule has 15 heavy (non-hydrogen) atoms. The summed E-state index contributed by atoms with van der Waals surface area (Å²) in [6.45, 7) is 5.93. The Labute approximate surface area is 87.2 Å². The second-order valence-electron chi connectivity index (χ2n) is 3.83. The van der Waals surface area contributed by atoms with E-state index in [4.69, 9.17) is 0 Å². The average molecular weight is 206 g/mol. The summed E-state index contributed by atoms with van der Waals surface area (Å²) in [5.74, 6) is 1.40. The fourth-order valence-corrected chi connectivity index (χ4v) is 1.47. The van der Waals surface area contributed by atoms with Crippen molar-refractivity contribution < 1.29 is 0 Å². The lowest BCUT2D eigenvalue weighted by Crippen LogP contribution is -2.20. The van der Waals surface area contributed by atoms with E-state index < -0.39 is 0 Å². The molecule has 0 aliphatic rings. The number of nitrogens with one attached hydrogen (secondary N) is 1. The zero-order valence-electron chi connectivity index (χ0n) is 9.11. The van der Waals surface area contributed by atoms with Crippen LogP contribution in [0.15, 0.2) is 11.0 Å². The van der Waals surface area contributed by atoms with Crippen molar-refractivity contribution in [2.24, 2.45) is 0 Å². The van der Waals surface area contributed by atoms with Gasteiger partial charge in [0, 0.05) is 18.2 Å². The van der Waals surface area contributed by atoms with Crippen LogP contribution in [0, 0.1) is 0 Å². The first-order chi connectivity index (χ1) is 7.13. The minimum absolute atomic E-state index is 0.0535. The van der Waals surface area contributed by atoms with Gasteiger partial charge in [0.15, 0.2) is 0 Å². The number of rotatable bonds is 2. The molecule has 80 valence electrons. The molecule has 0 aliphatic heterocycles. The van der Waals surface area contributed by atoms with E-state index in [-0.39, 0.29) is 11.5 Å². The van der Waals surface area contributed by atoms with Crippen molar-refractivity contribution >= 4 is 5.78 Å². The zero-order chi connectivity index (χ0) is 11.0. The second-order valence-corrected chi connectivity index (χ2v) is 3.83. The van der Waals surface area contributed by atoms with Crippen molar-refractivity contribution in [3.8, 4) is 0 Å². The summed E-state index contributed by atoms with van der Waals surface area (Å²) in [5.41, 5.74) is 0.654. The van der Waals surface area contributed by atoms with E-state index in [1.165, 1.54) is 4.52 Å². The number of aromatic nitrogens is 4. The first kappa shape index (κ1) is 9.89. The highest BCUT2D eigenvalue weighted by atomic mass is 16.1. The molecular weight excluding hydrogens is 192 g/mol.